The van der Waals surface area contributed by atoms with Gasteiger partial charge in [0.15, 0.2) is 0 Å². The van der Waals surface area contributed by atoms with E-state index < -0.39 is 5.54 Å². The molecule has 0 radical (unpaired) electrons. The molecule has 0 heterocycles. The monoisotopic (exact) mass is 289 g/mol. The highest BCUT2D eigenvalue weighted by Crippen LogP contribution is 2.38. The van der Waals surface area contributed by atoms with E-state index >= 15 is 0 Å². The van der Waals surface area contributed by atoms with Crippen LogP contribution in [0.4, 0.5) is 0 Å². The summed E-state index contributed by atoms with van der Waals surface area (Å²) in [5, 5.41) is 3.53. The van der Waals surface area contributed by atoms with Gasteiger partial charge in [0.1, 0.15) is 5.54 Å². The van der Waals surface area contributed by atoms with Crippen molar-refractivity contribution in [2.75, 3.05) is 6.61 Å². The first-order valence-electron chi connectivity index (χ1n) is 8.04. The van der Waals surface area contributed by atoms with Crippen LogP contribution in [0, 0.1) is 11.8 Å². The first-order chi connectivity index (χ1) is 10.1. The number of ether oxygens (including phenoxy) is 1. The largest absolute Gasteiger partial charge is 0.465 e. The van der Waals surface area contributed by atoms with Gasteiger partial charge in [-0.15, -0.1) is 0 Å². The lowest BCUT2D eigenvalue weighted by Crippen LogP contribution is -2.59. The second kappa shape index (κ2) is 7.08. The number of carbonyl (C=O) groups is 1. The fraction of sp³-hybridized carbons (Fsp3) is 0.611. The van der Waals surface area contributed by atoms with Crippen molar-refractivity contribution >= 4 is 5.97 Å². The molecule has 1 saturated carbocycles. The summed E-state index contributed by atoms with van der Waals surface area (Å²) in [6, 6.07) is 10.2. The quantitative estimate of drug-likeness (QED) is 0.843. The normalized spacial score (nSPS) is 29.1. The van der Waals surface area contributed by atoms with Crippen LogP contribution in [0.5, 0.6) is 0 Å². The molecule has 0 aromatic heterocycles. The van der Waals surface area contributed by atoms with Crippen molar-refractivity contribution in [1.82, 2.24) is 5.32 Å². The number of carbonyl (C=O) groups excluding carboxylic acids is 1. The van der Waals surface area contributed by atoms with Gasteiger partial charge in [-0.05, 0) is 43.6 Å². The summed E-state index contributed by atoms with van der Waals surface area (Å²) < 4.78 is 5.38. The van der Waals surface area contributed by atoms with Crippen LogP contribution in [-0.2, 0) is 16.1 Å². The lowest BCUT2D eigenvalue weighted by atomic mass is 9.69. The number of esters is 1. The van der Waals surface area contributed by atoms with Crippen LogP contribution in [0.15, 0.2) is 30.3 Å². The summed E-state index contributed by atoms with van der Waals surface area (Å²) in [7, 11) is 0. The molecule has 2 rings (SSSR count). The Labute approximate surface area is 128 Å². The summed E-state index contributed by atoms with van der Waals surface area (Å²) in [6.45, 7) is 7.46. The van der Waals surface area contributed by atoms with Crippen molar-refractivity contribution in [3.8, 4) is 0 Å². The van der Waals surface area contributed by atoms with Crippen molar-refractivity contribution in [2.24, 2.45) is 11.8 Å². The smallest absolute Gasteiger partial charge is 0.326 e. The van der Waals surface area contributed by atoms with Crippen LogP contribution in [0.25, 0.3) is 0 Å². The van der Waals surface area contributed by atoms with Gasteiger partial charge in [-0.25, -0.2) is 0 Å². The summed E-state index contributed by atoms with van der Waals surface area (Å²) >= 11 is 0. The van der Waals surface area contributed by atoms with Crippen molar-refractivity contribution in [3.63, 3.8) is 0 Å². The molecule has 0 saturated heterocycles. The molecule has 3 nitrogen and oxygen atoms in total. The average Bonchev–Trinajstić information content (AvgIpc) is 2.48. The van der Waals surface area contributed by atoms with Crippen LogP contribution in [0.3, 0.4) is 0 Å². The predicted molar refractivity (Wildman–Crippen MR) is 84.8 cm³/mol. The topological polar surface area (TPSA) is 38.3 Å². The number of benzene rings is 1. The van der Waals surface area contributed by atoms with Crippen molar-refractivity contribution in [1.29, 1.82) is 0 Å². The van der Waals surface area contributed by atoms with Crippen molar-refractivity contribution in [3.05, 3.63) is 35.9 Å². The number of rotatable bonds is 5. The molecule has 0 aliphatic heterocycles. The SMILES string of the molecule is CCOC(=O)C1(NCc2ccccc2)CCC(C)CC1C. The molecule has 1 aliphatic carbocycles. The second-order valence-electron chi connectivity index (χ2n) is 6.31. The van der Waals surface area contributed by atoms with E-state index in [9.17, 15) is 4.79 Å². The molecular weight excluding hydrogens is 262 g/mol. The van der Waals surface area contributed by atoms with Crippen molar-refractivity contribution < 1.29 is 9.53 Å². The van der Waals surface area contributed by atoms with E-state index in [0.717, 1.165) is 19.3 Å². The molecule has 0 amide bonds. The Bertz CT molecular complexity index is 460. The Morgan fingerprint density at radius 2 is 2.05 bits per heavy atom. The molecule has 1 aromatic rings. The van der Waals surface area contributed by atoms with Crippen LogP contribution < -0.4 is 5.32 Å². The second-order valence-corrected chi connectivity index (χ2v) is 6.31. The lowest BCUT2D eigenvalue weighted by Gasteiger charge is -2.43. The number of hydrogen-bond donors (Lipinski definition) is 1. The van der Waals surface area contributed by atoms with E-state index in [2.05, 4.69) is 31.3 Å². The van der Waals surface area contributed by atoms with Gasteiger partial charge in [-0.1, -0.05) is 44.2 Å². The molecule has 3 unspecified atom stereocenters. The molecule has 1 fully saturated rings. The molecule has 0 spiro atoms. The molecule has 1 aliphatic rings. The van der Waals surface area contributed by atoms with Crippen LogP contribution in [0.1, 0.15) is 45.6 Å². The highest BCUT2D eigenvalue weighted by atomic mass is 16.5. The van der Waals surface area contributed by atoms with E-state index in [0.29, 0.717) is 25.0 Å². The zero-order valence-electron chi connectivity index (χ0n) is 13.4. The van der Waals surface area contributed by atoms with E-state index in [4.69, 9.17) is 4.74 Å². The van der Waals surface area contributed by atoms with E-state index in [1.165, 1.54) is 5.56 Å². The third-order valence-electron chi connectivity index (χ3n) is 4.72. The maximum Gasteiger partial charge on any atom is 0.326 e. The van der Waals surface area contributed by atoms with Gasteiger partial charge in [0.2, 0.25) is 0 Å². The molecule has 0 bridgehead atoms. The Hall–Kier alpha value is -1.35. The number of hydrogen-bond acceptors (Lipinski definition) is 3. The zero-order valence-corrected chi connectivity index (χ0v) is 13.4. The maximum absolute atomic E-state index is 12.6. The first kappa shape index (κ1) is 16.0. The van der Waals surface area contributed by atoms with Gasteiger partial charge in [0.25, 0.3) is 0 Å². The molecule has 21 heavy (non-hydrogen) atoms. The Balaban J connectivity index is 2.14. The van der Waals surface area contributed by atoms with Crippen LogP contribution in [-0.4, -0.2) is 18.1 Å². The summed E-state index contributed by atoms with van der Waals surface area (Å²) in [4.78, 5) is 12.6. The highest BCUT2D eigenvalue weighted by molar-refractivity contribution is 5.81. The van der Waals surface area contributed by atoms with Gasteiger partial charge in [-0.2, -0.15) is 0 Å². The predicted octanol–water partition coefficient (Wildman–Crippen LogP) is 3.53. The van der Waals surface area contributed by atoms with Crippen LogP contribution >= 0.6 is 0 Å². The minimum absolute atomic E-state index is 0.0830. The summed E-state index contributed by atoms with van der Waals surface area (Å²) in [5.74, 6) is 0.894. The van der Waals surface area contributed by atoms with Gasteiger partial charge >= 0.3 is 5.97 Å². The van der Waals surface area contributed by atoms with Crippen molar-refractivity contribution in [2.45, 2.75) is 52.1 Å². The van der Waals surface area contributed by atoms with Gasteiger partial charge in [0, 0.05) is 6.54 Å². The third kappa shape index (κ3) is 3.65. The molecule has 1 aromatic carbocycles. The third-order valence-corrected chi connectivity index (χ3v) is 4.72. The number of nitrogens with one attached hydrogen (secondary N) is 1. The van der Waals surface area contributed by atoms with Gasteiger partial charge in [0.05, 0.1) is 6.61 Å². The average molecular weight is 289 g/mol. The fourth-order valence-corrected chi connectivity index (χ4v) is 3.40. The standard InChI is InChI=1S/C18H27NO2/c1-4-21-17(20)18(11-10-14(2)12-15(18)3)19-13-16-8-6-5-7-9-16/h5-9,14-15,19H,4,10-13H2,1-3H3. The maximum atomic E-state index is 12.6. The summed E-state index contributed by atoms with van der Waals surface area (Å²) in [5.41, 5.74) is 0.672. The zero-order chi connectivity index (χ0) is 15.3. The molecule has 3 atom stereocenters. The van der Waals surface area contributed by atoms with E-state index in [-0.39, 0.29) is 5.97 Å². The Morgan fingerprint density at radius 3 is 2.67 bits per heavy atom. The minimum atomic E-state index is -0.529. The molecular formula is C18H27NO2. The molecule has 1 N–H and O–H groups in total. The lowest BCUT2D eigenvalue weighted by molar-refractivity contribution is -0.156. The van der Waals surface area contributed by atoms with Gasteiger partial charge in [-0.3, -0.25) is 10.1 Å². The summed E-state index contributed by atoms with van der Waals surface area (Å²) in [6.07, 6.45) is 3.01. The highest BCUT2D eigenvalue weighted by Gasteiger charge is 2.47. The fourth-order valence-electron chi connectivity index (χ4n) is 3.40. The van der Waals surface area contributed by atoms with Crippen LogP contribution in [0.2, 0.25) is 0 Å². The Kier molecular flexibility index (Phi) is 5.40. The first-order valence-corrected chi connectivity index (χ1v) is 8.04. The van der Waals surface area contributed by atoms with E-state index in [1.54, 1.807) is 0 Å². The Morgan fingerprint density at radius 1 is 1.33 bits per heavy atom. The molecule has 116 valence electrons. The van der Waals surface area contributed by atoms with Gasteiger partial charge < -0.3 is 4.74 Å². The molecule has 3 heteroatoms. The minimum Gasteiger partial charge on any atom is -0.465 e. The van der Waals surface area contributed by atoms with E-state index in [1.807, 2.05) is 25.1 Å².